The number of halogens is 3. The first kappa shape index (κ1) is 35.6. The predicted octanol–water partition coefficient (Wildman–Crippen LogP) is 6.70. The van der Waals surface area contributed by atoms with Gasteiger partial charge < -0.3 is 29.7 Å². The largest absolute Gasteiger partial charge is 0.421 e. The summed E-state index contributed by atoms with van der Waals surface area (Å²) in [7, 11) is -0.247. The zero-order valence-corrected chi connectivity index (χ0v) is 27.3. The maximum Gasteiger partial charge on any atom is 0.421 e. The number of rotatable bonds is 15. The van der Waals surface area contributed by atoms with E-state index in [9.17, 15) is 22.5 Å². The van der Waals surface area contributed by atoms with Gasteiger partial charge in [0.25, 0.3) is 5.91 Å². The molecule has 47 heavy (non-hydrogen) atoms. The lowest BCUT2D eigenvalue weighted by molar-refractivity contribution is -0.137. The summed E-state index contributed by atoms with van der Waals surface area (Å²) in [6.07, 6.45) is -0.199. The van der Waals surface area contributed by atoms with E-state index in [-0.39, 0.29) is 43.2 Å². The zero-order valence-electron chi connectivity index (χ0n) is 26.4. The molecule has 2 aromatic heterocycles. The van der Waals surface area contributed by atoms with Gasteiger partial charge in [0.05, 0.1) is 36.8 Å². The third-order valence-electron chi connectivity index (χ3n) is 6.75. The second-order valence-electron chi connectivity index (χ2n) is 10.5. The van der Waals surface area contributed by atoms with E-state index in [2.05, 4.69) is 25.7 Å². The monoisotopic (exact) mass is 675 g/mol. The number of carbonyl (C=O) groups excluding carboxylic acids is 1. The van der Waals surface area contributed by atoms with Crippen molar-refractivity contribution in [2.45, 2.75) is 39.2 Å². The minimum Gasteiger partial charge on any atom is -0.396 e. The highest BCUT2D eigenvalue weighted by Crippen LogP contribution is 2.51. The molecule has 0 saturated carbocycles. The van der Waals surface area contributed by atoms with E-state index >= 15 is 0 Å². The highest BCUT2D eigenvalue weighted by atomic mass is 31.2. The van der Waals surface area contributed by atoms with Crippen LogP contribution in [-0.4, -0.2) is 69.6 Å². The van der Waals surface area contributed by atoms with Gasteiger partial charge in [0.15, 0.2) is 0 Å². The second-order valence-corrected chi connectivity index (χ2v) is 12.6. The molecule has 1 amide bonds. The van der Waals surface area contributed by atoms with E-state index in [1.165, 1.54) is 25.1 Å². The van der Waals surface area contributed by atoms with E-state index in [0.29, 0.717) is 41.5 Å². The molecule has 252 valence electrons. The summed E-state index contributed by atoms with van der Waals surface area (Å²) in [6, 6.07) is 11.4. The van der Waals surface area contributed by atoms with Crippen molar-refractivity contribution in [2.75, 3.05) is 44.5 Å². The van der Waals surface area contributed by atoms with Crippen molar-refractivity contribution in [3.8, 4) is 11.1 Å². The second kappa shape index (κ2) is 15.5. The molecule has 4 aromatic rings. The van der Waals surface area contributed by atoms with Crippen molar-refractivity contribution in [3.05, 3.63) is 77.7 Å². The van der Waals surface area contributed by atoms with Gasteiger partial charge in [0.2, 0.25) is 5.95 Å². The van der Waals surface area contributed by atoms with E-state index in [1.54, 1.807) is 67.3 Å². The van der Waals surface area contributed by atoms with Crippen LogP contribution in [0.25, 0.3) is 11.1 Å². The van der Waals surface area contributed by atoms with Crippen LogP contribution < -0.4 is 10.6 Å². The quantitative estimate of drug-likeness (QED) is 0.117. The Labute approximate surface area is 270 Å². The number of nitrogens with zero attached hydrogens (tertiary/aromatic N) is 5. The number of anilines is 4. The van der Waals surface area contributed by atoms with Crippen LogP contribution in [0.15, 0.2) is 61.1 Å². The lowest BCUT2D eigenvalue weighted by Gasteiger charge is -2.19. The Kier molecular flexibility index (Phi) is 11.7. The van der Waals surface area contributed by atoms with E-state index in [4.69, 9.17) is 14.2 Å². The number of hydrogen-bond donors (Lipinski definition) is 3. The summed E-state index contributed by atoms with van der Waals surface area (Å²) in [5, 5.41) is 19.0. The summed E-state index contributed by atoms with van der Waals surface area (Å²) in [5.41, 5.74) is 1.55. The van der Waals surface area contributed by atoms with Crippen LogP contribution in [0.5, 0.6) is 0 Å². The van der Waals surface area contributed by atoms with E-state index in [0.717, 1.165) is 0 Å². The van der Waals surface area contributed by atoms with Gasteiger partial charge in [-0.3, -0.25) is 14.0 Å². The Hall–Kier alpha value is -4.30. The smallest absolute Gasteiger partial charge is 0.396 e. The van der Waals surface area contributed by atoms with Crippen LogP contribution in [0.2, 0.25) is 0 Å². The maximum absolute atomic E-state index is 14.1. The molecule has 3 N–H and O–H groups in total. The molecule has 0 aliphatic heterocycles. The fraction of sp³-hybridized carbons (Fsp3) is 0.355. The molecule has 0 unspecified atom stereocenters. The summed E-state index contributed by atoms with van der Waals surface area (Å²) < 4.78 is 67.5. The summed E-state index contributed by atoms with van der Waals surface area (Å²) in [4.78, 5) is 22.5. The third kappa shape index (κ3) is 9.38. The molecule has 12 nitrogen and oxygen atoms in total. The molecule has 0 spiro atoms. The first-order chi connectivity index (χ1) is 22.4. The summed E-state index contributed by atoms with van der Waals surface area (Å²) >= 11 is 0. The van der Waals surface area contributed by atoms with E-state index in [1.807, 2.05) is 0 Å². The molecule has 0 radical (unpaired) electrons. The number of aryl methyl sites for hydroxylation is 1. The van der Waals surface area contributed by atoms with Gasteiger partial charge in [-0.05, 0) is 55.7 Å². The van der Waals surface area contributed by atoms with Gasteiger partial charge in [-0.2, -0.15) is 23.3 Å². The van der Waals surface area contributed by atoms with Crippen molar-refractivity contribution < 1.29 is 36.7 Å². The van der Waals surface area contributed by atoms with Crippen LogP contribution in [-0.2, 0) is 32.5 Å². The molecule has 16 heteroatoms. The van der Waals surface area contributed by atoms with Crippen LogP contribution in [0.3, 0.4) is 0 Å². The molecule has 0 atom stereocenters. The Balaban J connectivity index is 1.63. The molecule has 2 heterocycles. The Morgan fingerprint density at radius 1 is 1.02 bits per heavy atom. The standard InChI is InChI=1S/C31H37F3N7O5P/c1-5-45-47(44,46-6-2)20-21-8-11-24(12-9-21)37-30-35-18-26(31(32,33)34)28(39-30)38-27-13-10-22(16-25(27)29(43)40(3)4)23-17-36-41(19-23)14-7-15-42/h8-13,16-19,42H,5-7,14-15,20H2,1-4H3,(H2,35,37,38,39). The van der Waals surface area contributed by atoms with Gasteiger partial charge >= 0.3 is 13.8 Å². The molecule has 0 saturated heterocycles. The lowest BCUT2D eigenvalue weighted by atomic mass is 10.0. The molecule has 2 aromatic carbocycles. The highest BCUT2D eigenvalue weighted by Gasteiger charge is 2.36. The number of carbonyl (C=O) groups is 1. The predicted molar refractivity (Wildman–Crippen MR) is 172 cm³/mol. The topological polar surface area (TPSA) is 144 Å². The van der Waals surface area contributed by atoms with Gasteiger partial charge in [0, 0.05) is 50.9 Å². The van der Waals surface area contributed by atoms with Crippen LogP contribution in [0, 0.1) is 0 Å². The van der Waals surface area contributed by atoms with Gasteiger partial charge in [-0.15, -0.1) is 0 Å². The van der Waals surface area contributed by atoms with Crippen LogP contribution in [0.4, 0.5) is 36.3 Å². The number of benzene rings is 2. The fourth-order valence-corrected chi connectivity index (χ4v) is 6.26. The SMILES string of the molecule is CCOP(=O)(Cc1ccc(Nc2ncc(C(F)(F)F)c(Nc3ccc(-c4cnn(CCCO)c4)cc3C(=O)N(C)C)n2)cc1)OCC. The fourth-order valence-electron chi connectivity index (χ4n) is 4.56. The number of alkyl halides is 3. The number of amides is 1. The number of nitrogens with one attached hydrogen (secondary N) is 2. The average molecular weight is 676 g/mol. The molecular weight excluding hydrogens is 638 g/mol. The van der Waals surface area contributed by atoms with Crippen molar-refractivity contribution >= 4 is 36.6 Å². The van der Waals surface area contributed by atoms with Crippen molar-refractivity contribution in [1.82, 2.24) is 24.6 Å². The van der Waals surface area contributed by atoms with Gasteiger partial charge in [-0.25, -0.2) is 4.98 Å². The zero-order chi connectivity index (χ0) is 34.2. The van der Waals surface area contributed by atoms with E-state index < -0.39 is 31.1 Å². The van der Waals surface area contributed by atoms with Gasteiger partial charge in [0.1, 0.15) is 11.4 Å². The Morgan fingerprint density at radius 3 is 2.34 bits per heavy atom. The molecule has 4 rings (SSSR count). The minimum atomic E-state index is -4.80. The van der Waals surface area contributed by atoms with Crippen molar-refractivity contribution in [2.24, 2.45) is 0 Å². The minimum absolute atomic E-state index is 0.0115. The van der Waals surface area contributed by atoms with Crippen LogP contribution in [0.1, 0.15) is 41.8 Å². The van der Waals surface area contributed by atoms with Crippen molar-refractivity contribution in [3.63, 3.8) is 0 Å². The Bertz CT molecular complexity index is 1700. The summed E-state index contributed by atoms with van der Waals surface area (Å²) in [6.45, 7) is 4.41. The summed E-state index contributed by atoms with van der Waals surface area (Å²) in [5.74, 6) is -1.13. The van der Waals surface area contributed by atoms with Gasteiger partial charge in [-0.1, -0.05) is 18.2 Å². The third-order valence-corrected chi connectivity index (χ3v) is 8.81. The average Bonchev–Trinajstić information content (AvgIpc) is 3.49. The van der Waals surface area contributed by atoms with Crippen molar-refractivity contribution in [1.29, 1.82) is 0 Å². The number of aliphatic hydroxyl groups excluding tert-OH is 1. The first-order valence-electron chi connectivity index (χ1n) is 14.8. The normalized spacial score (nSPS) is 11.8. The molecule has 0 fully saturated rings. The Morgan fingerprint density at radius 2 is 1.72 bits per heavy atom. The van der Waals surface area contributed by atoms with Crippen LogP contribution >= 0.6 is 7.60 Å². The molecule has 0 aliphatic carbocycles. The molecule has 0 aliphatic rings. The number of hydrogen-bond acceptors (Lipinski definition) is 10. The first-order valence-corrected chi connectivity index (χ1v) is 16.5. The lowest BCUT2D eigenvalue weighted by Crippen LogP contribution is -2.23. The maximum atomic E-state index is 14.1. The highest BCUT2D eigenvalue weighted by molar-refractivity contribution is 7.53. The number of aromatic nitrogens is 4. The number of aliphatic hydroxyl groups is 1. The molecular formula is C31H37F3N7O5P. The molecule has 0 bridgehead atoms.